The Balaban J connectivity index is 2.55. The Hall–Kier alpha value is -1.95. The Morgan fingerprint density at radius 1 is 1.47 bits per heavy atom. The van der Waals surface area contributed by atoms with Crippen molar-refractivity contribution >= 4 is 0 Å². The van der Waals surface area contributed by atoms with Crippen LogP contribution in [-0.2, 0) is 19.9 Å². The first-order valence-electron chi connectivity index (χ1n) is 6.30. The summed E-state index contributed by atoms with van der Waals surface area (Å²) in [4.78, 5) is 19.2. The van der Waals surface area contributed by atoms with Crippen LogP contribution in [0.1, 0.15) is 23.9 Å². The maximum atomic E-state index is 12.0. The van der Waals surface area contributed by atoms with Crippen molar-refractivity contribution in [1.29, 1.82) is 0 Å². The van der Waals surface area contributed by atoms with Crippen LogP contribution in [0, 0.1) is 6.92 Å². The van der Waals surface area contributed by atoms with Crippen molar-refractivity contribution in [3.05, 3.63) is 33.5 Å². The van der Waals surface area contributed by atoms with Crippen molar-refractivity contribution in [1.82, 2.24) is 19.7 Å². The number of aliphatic hydroxyl groups excluding tert-OH is 1. The molecule has 0 bridgehead atoms. The lowest BCUT2D eigenvalue weighted by Crippen LogP contribution is -2.18. The van der Waals surface area contributed by atoms with E-state index in [4.69, 9.17) is 5.11 Å². The summed E-state index contributed by atoms with van der Waals surface area (Å²) >= 11 is 0. The third-order valence-corrected chi connectivity index (χ3v) is 3.08. The minimum absolute atomic E-state index is 0.0575. The number of aromatic amines is 1. The van der Waals surface area contributed by atoms with E-state index in [0.717, 1.165) is 17.7 Å². The van der Waals surface area contributed by atoms with Crippen LogP contribution in [0.25, 0.3) is 11.4 Å². The Kier molecular flexibility index (Phi) is 3.80. The molecule has 19 heavy (non-hydrogen) atoms. The van der Waals surface area contributed by atoms with Gasteiger partial charge in [0.15, 0.2) is 0 Å². The number of H-pyrrole nitrogens is 1. The molecule has 2 heterocycles. The van der Waals surface area contributed by atoms with Crippen LogP contribution in [-0.4, -0.2) is 31.5 Å². The molecule has 2 N–H and O–H groups in total. The maximum Gasteiger partial charge on any atom is 0.254 e. The Bertz CT molecular complexity index is 643. The van der Waals surface area contributed by atoms with E-state index in [-0.39, 0.29) is 12.2 Å². The second-order valence-corrected chi connectivity index (χ2v) is 4.47. The van der Waals surface area contributed by atoms with Crippen LogP contribution in [0.5, 0.6) is 0 Å². The smallest absolute Gasteiger partial charge is 0.254 e. The molecule has 0 aromatic carbocycles. The lowest BCUT2D eigenvalue weighted by atomic mass is 10.1. The SMILES string of the molecule is CCc1nn(C)cc1-c1nc(C)c(CCO)c(=O)[nH]1. The zero-order valence-electron chi connectivity index (χ0n) is 11.4. The molecule has 0 fully saturated rings. The second-order valence-electron chi connectivity index (χ2n) is 4.47. The van der Waals surface area contributed by atoms with Crippen LogP contribution in [0.2, 0.25) is 0 Å². The molecule has 2 rings (SSSR count). The van der Waals surface area contributed by atoms with Crippen LogP contribution >= 0.6 is 0 Å². The summed E-state index contributed by atoms with van der Waals surface area (Å²) in [6, 6.07) is 0. The molecular formula is C13H18N4O2. The normalized spacial score (nSPS) is 10.9. The topological polar surface area (TPSA) is 83.8 Å². The summed E-state index contributed by atoms with van der Waals surface area (Å²) in [5.74, 6) is 0.536. The Labute approximate surface area is 111 Å². The van der Waals surface area contributed by atoms with E-state index in [1.54, 1.807) is 11.6 Å². The van der Waals surface area contributed by atoms with Crippen molar-refractivity contribution in [3.63, 3.8) is 0 Å². The summed E-state index contributed by atoms with van der Waals surface area (Å²) in [7, 11) is 1.84. The fraction of sp³-hybridized carbons (Fsp3) is 0.462. The van der Waals surface area contributed by atoms with Gasteiger partial charge in [-0.1, -0.05) is 6.92 Å². The van der Waals surface area contributed by atoms with Crippen molar-refractivity contribution in [3.8, 4) is 11.4 Å². The number of aromatic nitrogens is 4. The molecule has 0 aliphatic rings. The van der Waals surface area contributed by atoms with E-state index in [1.807, 2.05) is 20.2 Å². The predicted octanol–water partition coefficient (Wildman–Crippen LogP) is 0.576. The monoisotopic (exact) mass is 262 g/mol. The number of hydrogen-bond donors (Lipinski definition) is 2. The van der Waals surface area contributed by atoms with Gasteiger partial charge >= 0.3 is 0 Å². The largest absolute Gasteiger partial charge is 0.396 e. The van der Waals surface area contributed by atoms with E-state index in [1.165, 1.54) is 0 Å². The minimum atomic E-state index is -0.192. The average molecular weight is 262 g/mol. The van der Waals surface area contributed by atoms with E-state index in [9.17, 15) is 4.79 Å². The van der Waals surface area contributed by atoms with Crippen LogP contribution in [0.4, 0.5) is 0 Å². The van der Waals surface area contributed by atoms with Crippen LogP contribution in [0.3, 0.4) is 0 Å². The summed E-state index contributed by atoms with van der Waals surface area (Å²) in [6.07, 6.45) is 2.95. The highest BCUT2D eigenvalue weighted by molar-refractivity contribution is 5.57. The molecule has 0 saturated carbocycles. The molecule has 6 heteroatoms. The molecule has 0 unspecified atom stereocenters. The zero-order chi connectivity index (χ0) is 14.0. The molecule has 2 aromatic rings. The first-order chi connectivity index (χ1) is 9.06. The highest BCUT2D eigenvalue weighted by atomic mass is 16.3. The van der Waals surface area contributed by atoms with Crippen molar-refractivity contribution < 1.29 is 5.11 Å². The molecule has 0 radical (unpaired) electrons. The zero-order valence-corrected chi connectivity index (χ0v) is 11.4. The van der Waals surface area contributed by atoms with Gasteiger partial charge in [0.2, 0.25) is 0 Å². The molecule has 0 aliphatic carbocycles. The van der Waals surface area contributed by atoms with Crippen LogP contribution < -0.4 is 5.56 Å². The third-order valence-electron chi connectivity index (χ3n) is 3.08. The molecular weight excluding hydrogens is 244 g/mol. The van der Waals surface area contributed by atoms with Gasteiger partial charge in [-0.3, -0.25) is 9.48 Å². The van der Waals surface area contributed by atoms with E-state index in [0.29, 0.717) is 23.5 Å². The van der Waals surface area contributed by atoms with Crippen LogP contribution in [0.15, 0.2) is 11.0 Å². The Morgan fingerprint density at radius 2 is 2.21 bits per heavy atom. The van der Waals surface area contributed by atoms with E-state index >= 15 is 0 Å². The van der Waals surface area contributed by atoms with E-state index < -0.39 is 0 Å². The Morgan fingerprint density at radius 3 is 2.79 bits per heavy atom. The van der Waals surface area contributed by atoms with Gasteiger partial charge in [0.05, 0.1) is 11.3 Å². The fourth-order valence-electron chi connectivity index (χ4n) is 2.14. The molecule has 6 nitrogen and oxygen atoms in total. The third kappa shape index (κ3) is 2.58. The quantitative estimate of drug-likeness (QED) is 0.844. The maximum absolute atomic E-state index is 12.0. The first kappa shape index (κ1) is 13.5. The summed E-state index contributed by atoms with van der Waals surface area (Å²) in [5, 5.41) is 13.3. The van der Waals surface area contributed by atoms with Gasteiger partial charge in [0.25, 0.3) is 5.56 Å². The van der Waals surface area contributed by atoms with E-state index in [2.05, 4.69) is 15.1 Å². The van der Waals surface area contributed by atoms with Gasteiger partial charge in [0, 0.05) is 37.5 Å². The minimum Gasteiger partial charge on any atom is -0.396 e. The van der Waals surface area contributed by atoms with Gasteiger partial charge in [-0.2, -0.15) is 5.10 Å². The van der Waals surface area contributed by atoms with Crippen molar-refractivity contribution in [2.75, 3.05) is 6.61 Å². The predicted molar refractivity (Wildman–Crippen MR) is 72.0 cm³/mol. The second kappa shape index (κ2) is 5.36. The van der Waals surface area contributed by atoms with Gasteiger partial charge in [-0.05, 0) is 13.3 Å². The number of rotatable bonds is 4. The van der Waals surface area contributed by atoms with Gasteiger partial charge in [0.1, 0.15) is 5.82 Å². The van der Waals surface area contributed by atoms with Crippen molar-refractivity contribution in [2.24, 2.45) is 7.05 Å². The number of aryl methyl sites for hydroxylation is 3. The highest BCUT2D eigenvalue weighted by Crippen LogP contribution is 2.19. The summed E-state index contributed by atoms with van der Waals surface area (Å²) < 4.78 is 1.71. The summed E-state index contributed by atoms with van der Waals surface area (Å²) in [6.45, 7) is 3.74. The average Bonchev–Trinajstić information content (AvgIpc) is 2.75. The molecule has 0 aliphatic heterocycles. The standard InChI is InChI=1S/C13H18N4O2/c1-4-11-10(7-17(3)16-11)12-14-8(2)9(5-6-18)13(19)15-12/h7,18H,4-6H2,1-3H3,(H,14,15,19). The lowest BCUT2D eigenvalue weighted by molar-refractivity contribution is 0.298. The molecule has 2 aromatic heterocycles. The highest BCUT2D eigenvalue weighted by Gasteiger charge is 2.13. The number of nitrogens with one attached hydrogen (secondary N) is 1. The number of hydrogen-bond acceptors (Lipinski definition) is 4. The van der Waals surface area contributed by atoms with Gasteiger partial charge in [-0.25, -0.2) is 4.98 Å². The number of nitrogens with zero attached hydrogens (tertiary/aromatic N) is 3. The fourth-order valence-corrected chi connectivity index (χ4v) is 2.14. The first-order valence-corrected chi connectivity index (χ1v) is 6.30. The van der Waals surface area contributed by atoms with Gasteiger partial charge < -0.3 is 10.1 Å². The molecule has 0 spiro atoms. The summed E-state index contributed by atoms with van der Waals surface area (Å²) in [5.41, 5.74) is 2.75. The molecule has 102 valence electrons. The number of aliphatic hydroxyl groups is 1. The molecule has 0 atom stereocenters. The lowest BCUT2D eigenvalue weighted by Gasteiger charge is -2.05. The van der Waals surface area contributed by atoms with Gasteiger partial charge in [-0.15, -0.1) is 0 Å². The molecule has 0 saturated heterocycles. The van der Waals surface area contributed by atoms with Crippen molar-refractivity contribution in [2.45, 2.75) is 26.7 Å². The molecule has 0 amide bonds.